The molecular formula is C14H19N3O2S. The van der Waals surface area contributed by atoms with Gasteiger partial charge in [-0.05, 0) is 31.7 Å². The quantitative estimate of drug-likeness (QED) is 0.812. The molecule has 0 bridgehead atoms. The number of aryl methyl sites for hydroxylation is 2. The van der Waals surface area contributed by atoms with E-state index in [1.165, 1.54) is 4.68 Å². The van der Waals surface area contributed by atoms with Crippen molar-refractivity contribution in [1.29, 1.82) is 0 Å². The average molecular weight is 293 g/mol. The Labute approximate surface area is 122 Å². The Kier molecular flexibility index (Phi) is 3.83. The van der Waals surface area contributed by atoms with Gasteiger partial charge >= 0.3 is 0 Å². The minimum Gasteiger partial charge on any atom is -0.339 e. The van der Waals surface area contributed by atoms with Crippen LogP contribution in [0.15, 0.2) is 10.9 Å². The third-order valence-corrected chi connectivity index (χ3v) is 4.97. The molecule has 5 nitrogen and oxygen atoms in total. The van der Waals surface area contributed by atoms with E-state index in [1.807, 2.05) is 16.7 Å². The number of carbonyl (C=O) groups excluding carboxylic acids is 1. The van der Waals surface area contributed by atoms with E-state index < -0.39 is 6.04 Å². The van der Waals surface area contributed by atoms with Crippen LogP contribution in [-0.4, -0.2) is 45.2 Å². The number of thioether (sulfide) groups is 1. The first kappa shape index (κ1) is 13.7. The van der Waals surface area contributed by atoms with Gasteiger partial charge in [0.05, 0.1) is 5.69 Å². The van der Waals surface area contributed by atoms with E-state index in [2.05, 4.69) is 5.10 Å². The van der Waals surface area contributed by atoms with Gasteiger partial charge < -0.3 is 4.90 Å². The van der Waals surface area contributed by atoms with Gasteiger partial charge in [0.15, 0.2) is 0 Å². The van der Waals surface area contributed by atoms with Gasteiger partial charge in [0.1, 0.15) is 6.04 Å². The molecule has 1 aliphatic heterocycles. The van der Waals surface area contributed by atoms with Crippen LogP contribution < -0.4 is 5.56 Å². The fraction of sp³-hybridized carbons (Fsp3) is 0.643. The van der Waals surface area contributed by atoms with Crippen molar-refractivity contribution < 1.29 is 4.79 Å². The largest absolute Gasteiger partial charge is 0.339 e. The minimum atomic E-state index is -0.503. The van der Waals surface area contributed by atoms with Crippen molar-refractivity contribution in [2.75, 3.05) is 24.6 Å². The predicted octanol–water partition coefficient (Wildman–Crippen LogP) is 0.868. The number of fused-ring (bicyclic) bond motifs is 1. The predicted molar refractivity (Wildman–Crippen MR) is 79.1 cm³/mol. The molecule has 1 aliphatic carbocycles. The zero-order chi connectivity index (χ0) is 14.1. The minimum absolute atomic E-state index is 0.0119. The summed E-state index contributed by atoms with van der Waals surface area (Å²) in [6.07, 6.45) is 2.90. The number of hydrogen-bond donors (Lipinski definition) is 0. The molecule has 20 heavy (non-hydrogen) atoms. The molecule has 2 heterocycles. The van der Waals surface area contributed by atoms with E-state index in [0.29, 0.717) is 0 Å². The van der Waals surface area contributed by atoms with Crippen LogP contribution >= 0.6 is 11.8 Å². The zero-order valence-electron chi connectivity index (χ0n) is 11.7. The summed E-state index contributed by atoms with van der Waals surface area (Å²) in [5.74, 6) is 1.97. The smallest absolute Gasteiger partial charge is 0.267 e. The maximum atomic E-state index is 12.5. The van der Waals surface area contributed by atoms with Crippen LogP contribution in [-0.2, 0) is 17.6 Å². The van der Waals surface area contributed by atoms with Gasteiger partial charge in [-0.25, -0.2) is 4.68 Å². The monoisotopic (exact) mass is 293 g/mol. The number of hydrogen-bond acceptors (Lipinski definition) is 4. The van der Waals surface area contributed by atoms with Crippen molar-refractivity contribution in [3.63, 3.8) is 0 Å². The first-order valence-electron chi connectivity index (χ1n) is 7.15. The molecule has 1 fully saturated rings. The summed E-state index contributed by atoms with van der Waals surface area (Å²) in [5, 5.41) is 4.42. The summed E-state index contributed by atoms with van der Waals surface area (Å²) in [4.78, 5) is 26.5. The molecule has 6 heteroatoms. The molecule has 2 aliphatic rings. The van der Waals surface area contributed by atoms with Crippen molar-refractivity contribution in [1.82, 2.24) is 14.7 Å². The second-order valence-electron chi connectivity index (χ2n) is 5.37. The van der Waals surface area contributed by atoms with Gasteiger partial charge in [-0.3, -0.25) is 9.59 Å². The summed E-state index contributed by atoms with van der Waals surface area (Å²) in [5.41, 5.74) is 1.89. The van der Waals surface area contributed by atoms with Crippen LogP contribution in [0.2, 0.25) is 0 Å². The molecule has 3 rings (SSSR count). The van der Waals surface area contributed by atoms with Gasteiger partial charge in [-0.2, -0.15) is 16.9 Å². The molecule has 0 radical (unpaired) electrons. The van der Waals surface area contributed by atoms with E-state index >= 15 is 0 Å². The van der Waals surface area contributed by atoms with Crippen molar-refractivity contribution in [2.24, 2.45) is 0 Å². The van der Waals surface area contributed by atoms with E-state index in [0.717, 1.165) is 55.1 Å². The number of nitrogens with zero attached hydrogens (tertiary/aromatic N) is 3. The average Bonchev–Trinajstić information content (AvgIpc) is 2.93. The second kappa shape index (κ2) is 5.60. The topological polar surface area (TPSA) is 55.2 Å². The molecule has 1 aromatic heterocycles. The van der Waals surface area contributed by atoms with E-state index in [4.69, 9.17) is 0 Å². The lowest BCUT2D eigenvalue weighted by molar-refractivity contribution is -0.134. The highest BCUT2D eigenvalue weighted by Gasteiger charge is 2.26. The highest BCUT2D eigenvalue weighted by atomic mass is 32.2. The first-order chi connectivity index (χ1) is 9.66. The number of aromatic nitrogens is 2. The molecule has 0 saturated carbocycles. The van der Waals surface area contributed by atoms with Gasteiger partial charge in [-0.15, -0.1) is 0 Å². The normalized spacial score (nSPS) is 19.8. The van der Waals surface area contributed by atoms with Gasteiger partial charge in [-0.1, -0.05) is 0 Å². The van der Waals surface area contributed by atoms with Crippen LogP contribution in [0.5, 0.6) is 0 Å². The maximum Gasteiger partial charge on any atom is 0.267 e. The Bertz CT molecular complexity index is 578. The Morgan fingerprint density at radius 1 is 1.35 bits per heavy atom. The second-order valence-corrected chi connectivity index (χ2v) is 6.59. The fourth-order valence-electron chi connectivity index (χ4n) is 2.85. The van der Waals surface area contributed by atoms with Crippen LogP contribution in [0, 0.1) is 0 Å². The number of rotatable bonds is 2. The van der Waals surface area contributed by atoms with Crippen LogP contribution in [0.3, 0.4) is 0 Å². The lowest BCUT2D eigenvalue weighted by Gasteiger charge is -2.29. The maximum absolute atomic E-state index is 12.5. The lowest BCUT2D eigenvalue weighted by atomic mass is 10.2. The SMILES string of the molecule is CC(C(=O)N1CCSCC1)n1nc2c(cc1=O)CCC2. The third kappa shape index (κ3) is 2.49. The summed E-state index contributed by atoms with van der Waals surface area (Å²) < 4.78 is 1.37. The first-order valence-corrected chi connectivity index (χ1v) is 8.30. The fourth-order valence-corrected chi connectivity index (χ4v) is 3.75. The van der Waals surface area contributed by atoms with Crippen molar-refractivity contribution in [3.8, 4) is 0 Å². The molecule has 1 amide bonds. The van der Waals surface area contributed by atoms with Crippen LogP contribution in [0.1, 0.15) is 30.6 Å². The number of amides is 1. The van der Waals surface area contributed by atoms with E-state index in [1.54, 1.807) is 13.0 Å². The van der Waals surface area contributed by atoms with Crippen molar-refractivity contribution >= 4 is 17.7 Å². The summed E-state index contributed by atoms with van der Waals surface area (Å²) in [7, 11) is 0. The Morgan fingerprint density at radius 2 is 2.10 bits per heavy atom. The van der Waals surface area contributed by atoms with Crippen LogP contribution in [0.25, 0.3) is 0 Å². The van der Waals surface area contributed by atoms with Crippen molar-refractivity contribution in [3.05, 3.63) is 27.7 Å². The summed E-state index contributed by atoms with van der Waals surface area (Å²) in [6.45, 7) is 3.32. The molecule has 1 atom stereocenters. The molecule has 1 aromatic rings. The highest BCUT2D eigenvalue weighted by Crippen LogP contribution is 2.19. The molecule has 0 spiro atoms. The van der Waals surface area contributed by atoms with E-state index in [-0.39, 0.29) is 11.5 Å². The van der Waals surface area contributed by atoms with Crippen molar-refractivity contribution in [2.45, 2.75) is 32.2 Å². The summed E-state index contributed by atoms with van der Waals surface area (Å²) in [6, 6.07) is 1.15. The lowest BCUT2D eigenvalue weighted by Crippen LogP contribution is -2.44. The molecule has 108 valence electrons. The zero-order valence-corrected chi connectivity index (χ0v) is 12.5. The highest BCUT2D eigenvalue weighted by molar-refractivity contribution is 7.99. The summed E-state index contributed by atoms with van der Waals surface area (Å²) >= 11 is 1.86. The van der Waals surface area contributed by atoms with Gasteiger partial charge in [0.2, 0.25) is 5.91 Å². The molecule has 1 saturated heterocycles. The van der Waals surface area contributed by atoms with Gasteiger partial charge in [0.25, 0.3) is 5.56 Å². The molecule has 0 N–H and O–H groups in total. The number of carbonyl (C=O) groups is 1. The van der Waals surface area contributed by atoms with E-state index in [9.17, 15) is 9.59 Å². The Balaban J connectivity index is 1.84. The molecule has 1 unspecified atom stereocenters. The third-order valence-electron chi connectivity index (χ3n) is 4.03. The molecule has 0 aromatic carbocycles. The Hall–Kier alpha value is -1.30. The standard InChI is InChI=1S/C14H19N3O2S/c1-10(14(19)16-5-7-20-8-6-16)17-13(18)9-11-3-2-4-12(11)15-17/h9-10H,2-8H2,1H3. The Morgan fingerprint density at radius 3 is 2.85 bits per heavy atom. The molecular weight excluding hydrogens is 274 g/mol. The van der Waals surface area contributed by atoms with Gasteiger partial charge in [0, 0.05) is 30.7 Å². The van der Waals surface area contributed by atoms with Crippen LogP contribution in [0.4, 0.5) is 0 Å².